The summed E-state index contributed by atoms with van der Waals surface area (Å²) in [4.78, 5) is 14.5. The number of fused-ring (bicyclic) bond motifs is 1. The number of carbonyl (C=O) groups excluding carboxylic acids is 1. The Hall–Kier alpha value is -0.570. The third-order valence-electron chi connectivity index (χ3n) is 4.85. The average Bonchev–Trinajstić information content (AvgIpc) is 2.89. The van der Waals surface area contributed by atoms with Crippen LogP contribution in [0.1, 0.15) is 32.6 Å². The van der Waals surface area contributed by atoms with Crippen LogP contribution in [0.3, 0.4) is 0 Å². The maximum atomic E-state index is 12.4. The number of likely N-dealkylation sites (tertiary alicyclic amines) is 1. The maximum absolute atomic E-state index is 12.4. The lowest BCUT2D eigenvalue weighted by Crippen LogP contribution is -2.38. The van der Waals surface area contributed by atoms with Crippen LogP contribution in [0.5, 0.6) is 0 Å². The summed E-state index contributed by atoms with van der Waals surface area (Å²) in [5.41, 5.74) is 0. The molecule has 16 heavy (non-hydrogen) atoms. The third-order valence-corrected chi connectivity index (χ3v) is 4.85. The van der Waals surface area contributed by atoms with Crippen LogP contribution in [0.4, 0.5) is 0 Å². The third kappa shape index (κ3) is 1.65. The van der Waals surface area contributed by atoms with E-state index in [1.165, 1.54) is 19.3 Å². The second-order valence-electron chi connectivity index (χ2n) is 5.87. The number of amides is 1. The van der Waals surface area contributed by atoms with Gasteiger partial charge in [0.25, 0.3) is 0 Å². The molecule has 3 rings (SSSR count). The summed E-state index contributed by atoms with van der Waals surface area (Å²) in [6.45, 7) is 5.37. The Morgan fingerprint density at radius 3 is 2.81 bits per heavy atom. The Kier molecular flexibility index (Phi) is 2.66. The summed E-state index contributed by atoms with van der Waals surface area (Å²) in [5.74, 6) is 2.13. The number of carbonyl (C=O) groups is 1. The van der Waals surface area contributed by atoms with Crippen LogP contribution in [0, 0.1) is 17.8 Å². The van der Waals surface area contributed by atoms with Gasteiger partial charge in [0.15, 0.2) is 0 Å². The van der Waals surface area contributed by atoms with Gasteiger partial charge in [-0.25, -0.2) is 0 Å². The Morgan fingerprint density at radius 2 is 2.12 bits per heavy atom. The molecule has 1 aliphatic carbocycles. The van der Waals surface area contributed by atoms with E-state index in [1.54, 1.807) is 0 Å². The lowest BCUT2D eigenvalue weighted by atomic mass is 9.97. The van der Waals surface area contributed by atoms with Crippen LogP contribution in [0.25, 0.3) is 0 Å². The molecule has 3 fully saturated rings. The molecule has 1 N–H and O–H groups in total. The molecule has 1 amide bonds. The van der Waals surface area contributed by atoms with E-state index in [1.807, 2.05) is 0 Å². The molecule has 0 aromatic heterocycles. The maximum Gasteiger partial charge on any atom is 0.226 e. The molecule has 0 spiro atoms. The van der Waals surface area contributed by atoms with Gasteiger partial charge in [-0.1, -0.05) is 13.3 Å². The van der Waals surface area contributed by atoms with E-state index in [0.29, 0.717) is 23.8 Å². The van der Waals surface area contributed by atoms with Crippen LogP contribution in [-0.2, 0) is 4.79 Å². The van der Waals surface area contributed by atoms with E-state index in [9.17, 15) is 4.79 Å². The fourth-order valence-electron chi connectivity index (χ4n) is 3.78. The van der Waals surface area contributed by atoms with Crippen LogP contribution in [0.2, 0.25) is 0 Å². The summed E-state index contributed by atoms with van der Waals surface area (Å²) < 4.78 is 0. The normalized spacial score (nSPS) is 42.7. The van der Waals surface area contributed by atoms with Crippen molar-refractivity contribution in [1.82, 2.24) is 10.2 Å². The van der Waals surface area contributed by atoms with Gasteiger partial charge >= 0.3 is 0 Å². The van der Waals surface area contributed by atoms with Gasteiger partial charge in [0, 0.05) is 25.0 Å². The first-order valence-corrected chi connectivity index (χ1v) is 6.78. The molecule has 90 valence electrons. The Bertz CT molecular complexity index is 280. The Labute approximate surface area is 97.6 Å². The SMILES string of the molecule is CC1CCCC1C(=O)N1C[C@@H]2CCN[C@@H]2C1. The van der Waals surface area contributed by atoms with Gasteiger partial charge in [-0.15, -0.1) is 0 Å². The highest BCUT2D eigenvalue weighted by Gasteiger charge is 2.41. The van der Waals surface area contributed by atoms with Crippen LogP contribution >= 0.6 is 0 Å². The molecule has 3 aliphatic rings. The van der Waals surface area contributed by atoms with Crippen LogP contribution in [-0.4, -0.2) is 36.5 Å². The number of hydrogen-bond acceptors (Lipinski definition) is 2. The minimum atomic E-state index is 0.332. The number of nitrogens with zero attached hydrogens (tertiary/aromatic N) is 1. The predicted octanol–water partition coefficient (Wildman–Crippen LogP) is 1.24. The molecule has 2 heterocycles. The van der Waals surface area contributed by atoms with Crippen molar-refractivity contribution < 1.29 is 4.79 Å². The molecule has 3 nitrogen and oxygen atoms in total. The first-order valence-electron chi connectivity index (χ1n) is 6.78. The smallest absolute Gasteiger partial charge is 0.226 e. The predicted molar refractivity (Wildman–Crippen MR) is 63.0 cm³/mol. The van der Waals surface area contributed by atoms with Gasteiger partial charge in [0.05, 0.1) is 0 Å². The molecule has 2 saturated heterocycles. The molecule has 4 atom stereocenters. The second-order valence-corrected chi connectivity index (χ2v) is 5.87. The van der Waals surface area contributed by atoms with Gasteiger partial charge < -0.3 is 10.2 Å². The van der Waals surface area contributed by atoms with Crippen molar-refractivity contribution in [3.63, 3.8) is 0 Å². The van der Waals surface area contributed by atoms with Crippen LogP contribution < -0.4 is 5.32 Å². The van der Waals surface area contributed by atoms with E-state index in [-0.39, 0.29) is 0 Å². The van der Waals surface area contributed by atoms with Crippen molar-refractivity contribution >= 4 is 5.91 Å². The first-order chi connectivity index (χ1) is 7.75. The average molecular weight is 222 g/mol. The molecule has 2 unspecified atom stereocenters. The summed E-state index contributed by atoms with van der Waals surface area (Å²) >= 11 is 0. The molecule has 2 aliphatic heterocycles. The minimum absolute atomic E-state index is 0.332. The molecule has 3 heteroatoms. The monoisotopic (exact) mass is 222 g/mol. The Morgan fingerprint density at radius 1 is 1.25 bits per heavy atom. The first kappa shape index (κ1) is 10.6. The van der Waals surface area contributed by atoms with Crippen LogP contribution in [0.15, 0.2) is 0 Å². The van der Waals surface area contributed by atoms with E-state index >= 15 is 0 Å². The largest absolute Gasteiger partial charge is 0.341 e. The van der Waals surface area contributed by atoms with Gasteiger partial charge in [-0.05, 0) is 37.6 Å². The molecule has 0 bridgehead atoms. The van der Waals surface area contributed by atoms with E-state index in [0.717, 1.165) is 32.0 Å². The van der Waals surface area contributed by atoms with E-state index in [4.69, 9.17) is 0 Å². The Balaban J connectivity index is 1.63. The summed E-state index contributed by atoms with van der Waals surface area (Å²) in [5, 5.41) is 3.51. The summed E-state index contributed by atoms with van der Waals surface area (Å²) in [7, 11) is 0. The van der Waals surface area contributed by atoms with Gasteiger partial charge in [0.2, 0.25) is 5.91 Å². The van der Waals surface area contributed by atoms with Gasteiger partial charge in [-0.3, -0.25) is 4.79 Å². The van der Waals surface area contributed by atoms with Crippen molar-refractivity contribution in [2.45, 2.75) is 38.6 Å². The van der Waals surface area contributed by atoms with Crippen molar-refractivity contribution in [3.8, 4) is 0 Å². The number of hydrogen-bond donors (Lipinski definition) is 1. The molecular formula is C13H22N2O. The number of nitrogens with one attached hydrogen (secondary N) is 1. The fraction of sp³-hybridized carbons (Fsp3) is 0.923. The van der Waals surface area contributed by atoms with Gasteiger partial charge in [-0.2, -0.15) is 0 Å². The van der Waals surface area contributed by atoms with Gasteiger partial charge in [0.1, 0.15) is 0 Å². The van der Waals surface area contributed by atoms with E-state index in [2.05, 4.69) is 17.1 Å². The van der Waals surface area contributed by atoms with E-state index < -0.39 is 0 Å². The standard InChI is InChI=1S/C13H22N2O/c1-9-3-2-4-11(9)13(16)15-7-10-5-6-14-12(10)8-15/h9-12,14H,2-8H2,1H3/t9?,10-,11?,12+/m0/s1. The zero-order chi connectivity index (χ0) is 11.1. The molecule has 1 saturated carbocycles. The van der Waals surface area contributed by atoms with Crippen molar-refractivity contribution in [1.29, 1.82) is 0 Å². The highest BCUT2D eigenvalue weighted by Crippen LogP contribution is 2.34. The molecular weight excluding hydrogens is 200 g/mol. The zero-order valence-corrected chi connectivity index (χ0v) is 10.1. The topological polar surface area (TPSA) is 32.3 Å². The lowest BCUT2D eigenvalue weighted by molar-refractivity contribution is -0.135. The van der Waals surface area contributed by atoms with Crippen molar-refractivity contribution in [2.24, 2.45) is 17.8 Å². The van der Waals surface area contributed by atoms with Crippen molar-refractivity contribution in [2.75, 3.05) is 19.6 Å². The van der Waals surface area contributed by atoms with Crippen molar-refractivity contribution in [3.05, 3.63) is 0 Å². The quantitative estimate of drug-likeness (QED) is 0.724. The molecule has 0 radical (unpaired) electrons. The highest BCUT2D eigenvalue weighted by atomic mass is 16.2. The molecule has 0 aromatic rings. The number of rotatable bonds is 1. The molecule has 0 aromatic carbocycles. The second kappa shape index (κ2) is 4.02. The minimum Gasteiger partial charge on any atom is -0.341 e. The fourth-order valence-corrected chi connectivity index (χ4v) is 3.78. The summed E-state index contributed by atoms with van der Waals surface area (Å²) in [6, 6.07) is 0.598. The zero-order valence-electron chi connectivity index (χ0n) is 10.1. The highest BCUT2D eigenvalue weighted by molar-refractivity contribution is 5.79. The summed E-state index contributed by atoms with van der Waals surface area (Å²) in [6.07, 6.45) is 4.87. The lowest BCUT2D eigenvalue weighted by Gasteiger charge is -2.23.